The molecule has 1 rings (SSSR count). The second-order valence-corrected chi connectivity index (χ2v) is 4.57. The summed E-state index contributed by atoms with van der Waals surface area (Å²) < 4.78 is 0.750. The molecule has 0 bridgehead atoms. The van der Waals surface area contributed by atoms with Crippen LogP contribution in [0.5, 0.6) is 0 Å². The first-order chi connectivity index (χ1) is 8.15. The van der Waals surface area contributed by atoms with Crippen LogP contribution in [0.15, 0.2) is 22.7 Å². The van der Waals surface area contributed by atoms with Gasteiger partial charge in [0.25, 0.3) is 0 Å². The van der Waals surface area contributed by atoms with Crippen molar-refractivity contribution in [1.82, 2.24) is 0 Å². The summed E-state index contributed by atoms with van der Waals surface area (Å²) in [6.07, 6.45) is 2.78. The molecule has 0 spiro atoms. The molecule has 0 aromatic heterocycles. The van der Waals surface area contributed by atoms with Gasteiger partial charge in [-0.2, -0.15) is 0 Å². The van der Waals surface area contributed by atoms with Gasteiger partial charge in [0.2, 0.25) is 0 Å². The van der Waals surface area contributed by atoms with Crippen molar-refractivity contribution in [2.24, 2.45) is 0 Å². The molecule has 94 valence electrons. The van der Waals surface area contributed by atoms with Gasteiger partial charge in [0.15, 0.2) is 0 Å². The van der Waals surface area contributed by atoms with Crippen molar-refractivity contribution in [3.63, 3.8) is 0 Å². The van der Waals surface area contributed by atoms with E-state index in [4.69, 9.17) is 10.2 Å². The van der Waals surface area contributed by atoms with Crippen LogP contribution in [0, 0.1) is 0 Å². The maximum atomic E-state index is 10.7. The van der Waals surface area contributed by atoms with Gasteiger partial charge in [-0.05, 0) is 53.4 Å². The Morgan fingerprint density at radius 2 is 2.06 bits per heavy atom. The van der Waals surface area contributed by atoms with Crippen molar-refractivity contribution in [3.05, 3.63) is 28.2 Å². The van der Waals surface area contributed by atoms with Crippen molar-refractivity contribution in [2.75, 3.05) is 18.5 Å². The minimum Gasteiger partial charge on any atom is -0.478 e. The van der Waals surface area contributed by atoms with Crippen molar-refractivity contribution >= 4 is 27.6 Å². The molecule has 4 nitrogen and oxygen atoms in total. The standard InChI is InChI=1S/C12H16BrNO3/c13-10-8-9(12(16)17)4-5-11(10)14-6-2-1-3-7-15/h4-5,8,14-15H,1-3,6-7H2,(H,16,17). The molecule has 0 heterocycles. The van der Waals surface area contributed by atoms with Gasteiger partial charge in [0.1, 0.15) is 0 Å². The molecule has 3 N–H and O–H groups in total. The van der Waals surface area contributed by atoms with Gasteiger partial charge in [0, 0.05) is 23.3 Å². The Bertz CT molecular complexity index is 382. The molecule has 0 saturated heterocycles. The minimum atomic E-state index is -0.930. The number of aromatic carboxylic acids is 1. The third-order valence-electron chi connectivity index (χ3n) is 2.37. The van der Waals surface area contributed by atoms with Crippen LogP contribution in [0.2, 0.25) is 0 Å². The zero-order valence-electron chi connectivity index (χ0n) is 9.45. The van der Waals surface area contributed by atoms with Gasteiger partial charge in [-0.25, -0.2) is 4.79 Å². The highest BCUT2D eigenvalue weighted by Crippen LogP contribution is 2.23. The van der Waals surface area contributed by atoms with Gasteiger partial charge in [-0.15, -0.1) is 0 Å². The van der Waals surface area contributed by atoms with E-state index in [0.717, 1.165) is 36.0 Å². The molecule has 1 aromatic rings. The summed E-state index contributed by atoms with van der Waals surface area (Å²) in [4.78, 5) is 10.7. The average molecular weight is 302 g/mol. The number of hydrogen-bond donors (Lipinski definition) is 3. The lowest BCUT2D eigenvalue weighted by Crippen LogP contribution is -2.03. The molecule has 0 radical (unpaired) electrons. The molecule has 0 aliphatic carbocycles. The Morgan fingerprint density at radius 1 is 1.29 bits per heavy atom. The molecule has 0 fully saturated rings. The number of nitrogens with one attached hydrogen (secondary N) is 1. The van der Waals surface area contributed by atoms with Gasteiger partial charge >= 0.3 is 5.97 Å². The van der Waals surface area contributed by atoms with Crippen LogP contribution in [0.25, 0.3) is 0 Å². The van der Waals surface area contributed by atoms with Crippen LogP contribution < -0.4 is 5.32 Å². The molecular formula is C12H16BrNO3. The minimum absolute atomic E-state index is 0.233. The van der Waals surface area contributed by atoms with Crippen molar-refractivity contribution in [3.8, 4) is 0 Å². The summed E-state index contributed by atoms with van der Waals surface area (Å²) >= 11 is 3.33. The predicted molar refractivity (Wildman–Crippen MR) is 70.5 cm³/mol. The highest BCUT2D eigenvalue weighted by Gasteiger charge is 2.05. The quantitative estimate of drug-likeness (QED) is 0.677. The lowest BCUT2D eigenvalue weighted by molar-refractivity contribution is 0.0697. The fourth-order valence-electron chi connectivity index (χ4n) is 1.43. The molecule has 17 heavy (non-hydrogen) atoms. The highest BCUT2D eigenvalue weighted by molar-refractivity contribution is 9.10. The van der Waals surface area contributed by atoms with Gasteiger partial charge in [-0.1, -0.05) is 0 Å². The van der Waals surface area contributed by atoms with E-state index in [1.165, 1.54) is 0 Å². The number of rotatable bonds is 7. The third kappa shape index (κ3) is 4.75. The summed E-state index contributed by atoms with van der Waals surface area (Å²) in [5, 5.41) is 20.7. The van der Waals surface area contributed by atoms with E-state index >= 15 is 0 Å². The fraction of sp³-hybridized carbons (Fsp3) is 0.417. The maximum Gasteiger partial charge on any atom is 0.335 e. The number of anilines is 1. The first-order valence-corrected chi connectivity index (χ1v) is 6.32. The van der Waals surface area contributed by atoms with Crippen LogP contribution in [0.3, 0.4) is 0 Å². The second kappa shape index (κ2) is 7.29. The van der Waals surface area contributed by atoms with Crippen LogP contribution in [-0.4, -0.2) is 29.3 Å². The van der Waals surface area contributed by atoms with E-state index in [1.807, 2.05) is 0 Å². The topological polar surface area (TPSA) is 69.6 Å². The number of carbonyl (C=O) groups is 1. The summed E-state index contributed by atoms with van der Waals surface area (Å²) in [6, 6.07) is 4.90. The number of halogens is 1. The van der Waals surface area contributed by atoms with Crippen LogP contribution in [0.4, 0.5) is 5.69 Å². The molecular weight excluding hydrogens is 286 g/mol. The number of unbranched alkanes of at least 4 members (excludes halogenated alkanes) is 2. The number of carboxylic acids is 1. The first kappa shape index (κ1) is 14.0. The SMILES string of the molecule is O=C(O)c1ccc(NCCCCCO)c(Br)c1. The van der Waals surface area contributed by atoms with Crippen LogP contribution >= 0.6 is 15.9 Å². The lowest BCUT2D eigenvalue weighted by atomic mass is 10.2. The number of benzene rings is 1. The third-order valence-corrected chi connectivity index (χ3v) is 3.02. The molecule has 5 heteroatoms. The monoisotopic (exact) mass is 301 g/mol. The summed E-state index contributed by atoms with van der Waals surface area (Å²) in [5.41, 5.74) is 1.15. The largest absolute Gasteiger partial charge is 0.478 e. The zero-order chi connectivity index (χ0) is 12.7. The zero-order valence-corrected chi connectivity index (χ0v) is 11.0. The molecule has 0 atom stereocenters. The van der Waals surface area contributed by atoms with Gasteiger partial charge < -0.3 is 15.5 Å². The molecule has 1 aromatic carbocycles. The molecule has 0 aliphatic heterocycles. The Hall–Kier alpha value is -1.07. The maximum absolute atomic E-state index is 10.7. The Balaban J connectivity index is 2.46. The summed E-state index contributed by atoms with van der Waals surface area (Å²) in [5.74, 6) is -0.930. The molecule has 0 unspecified atom stereocenters. The van der Waals surface area contributed by atoms with E-state index in [9.17, 15) is 4.79 Å². The smallest absolute Gasteiger partial charge is 0.335 e. The fourth-order valence-corrected chi connectivity index (χ4v) is 1.95. The van der Waals surface area contributed by atoms with E-state index in [2.05, 4.69) is 21.2 Å². The number of carboxylic acid groups (broad SMARTS) is 1. The van der Waals surface area contributed by atoms with Crippen molar-refractivity contribution in [2.45, 2.75) is 19.3 Å². The number of hydrogen-bond acceptors (Lipinski definition) is 3. The first-order valence-electron chi connectivity index (χ1n) is 5.52. The Morgan fingerprint density at radius 3 is 2.65 bits per heavy atom. The van der Waals surface area contributed by atoms with Crippen LogP contribution in [-0.2, 0) is 0 Å². The van der Waals surface area contributed by atoms with Crippen LogP contribution in [0.1, 0.15) is 29.6 Å². The van der Waals surface area contributed by atoms with E-state index in [0.29, 0.717) is 0 Å². The van der Waals surface area contributed by atoms with Crippen molar-refractivity contribution in [1.29, 1.82) is 0 Å². The van der Waals surface area contributed by atoms with Gasteiger partial charge in [-0.3, -0.25) is 0 Å². The summed E-state index contributed by atoms with van der Waals surface area (Å²) in [6.45, 7) is 1.04. The summed E-state index contributed by atoms with van der Waals surface area (Å²) in [7, 11) is 0. The van der Waals surface area contributed by atoms with Crippen molar-refractivity contribution < 1.29 is 15.0 Å². The average Bonchev–Trinajstić information content (AvgIpc) is 2.30. The van der Waals surface area contributed by atoms with E-state index in [1.54, 1.807) is 18.2 Å². The second-order valence-electron chi connectivity index (χ2n) is 3.71. The Kier molecular flexibility index (Phi) is 6.00. The normalized spacial score (nSPS) is 10.2. The van der Waals surface area contributed by atoms with Gasteiger partial charge in [0.05, 0.1) is 5.56 Å². The Labute approximate surface area is 109 Å². The molecule has 0 amide bonds. The van der Waals surface area contributed by atoms with E-state index < -0.39 is 5.97 Å². The highest BCUT2D eigenvalue weighted by atomic mass is 79.9. The molecule has 0 aliphatic rings. The lowest BCUT2D eigenvalue weighted by Gasteiger charge is -2.08. The predicted octanol–water partition coefficient (Wildman–Crippen LogP) is 2.72. The number of aliphatic hydroxyl groups is 1. The molecule has 0 saturated carbocycles. The number of aliphatic hydroxyl groups excluding tert-OH is 1. The van der Waals surface area contributed by atoms with E-state index in [-0.39, 0.29) is 12.2 Å².